The molecule has 1 aliphatic rings. The van der Waals surface area contributed by atoms with E-state index in [0.717, 1.165) is 13.1 Å². The number of nitrogens with one attached hydrogen (secondary N) is 1. The standard InChI is InChI=1S/C19H30N4O3/c1-13(2)11-22-8-9-23(12-15(22)7-10-24)19(26)21-17-6-4-5-16(14(17)3)18(20)25/h4-6,13,15,24H,7-12H2,1-3H3,(H2,20,25)(H,21,26)/t15-/m1/s1. The van der Waals surface area contributed by atoms with Crippen LogP contribution < -0.4 is 11.1 Å². The highest BCUT2D eigenvalue weighted by Crippen LogP contribution is 2.20. The Morgan fingerprint density at radius 2 is 2.08 bits per heavy atom. The molecule has 0 unspecified atom stereocenters. The van der Waals surface area contributed by atoms with E-state index in [2.05, 4.69) is 24.1 Å². The molecule has 144 valence electrons. The maximum absolute atomic E-state index is 12.7. The van der Waals surface area contributed by atoms with Crippen LogP contribution in [0.5, 0.6) is 0 Å². The first kappa shape index (κ1) is 20.2. The van der Waals surface area contributed by atoms with Crippen molar-refractivity contribution in [3.63, 3.8) is 0 Å². The summed E-state index contributed by atoms with van der Waals surface area (Å²) in [5.41, 5.74) is 7.04. The van der Waals surface area contributed by atoms with E-state index in [1.165, 1.54) is 0 Å². The number of rotatable bonds is 6. The fraction of sp³-hybridized carbons (Fsp3) is 0.579. The van der Waals surface area contributed by atoms with Crippen LogP contribution in [0.4, 0.5) is 10.5 Å². The zero-order valence-electron chi connectivity index (χ0n) is 15.9. The van der Waals surface area contributed by atoms with E-state index in [9.17, 15) is 14.7 Å². The van der Waals surface area contributed by atoms with Gasteiger partial charge in [-0.15, -0.1) is 0 Å². The largest absolute Gasteiger partial charge is 0.396 e. The topological polar surface area (TPSA) is 98.9 Å². The average molecular weight is 362 g/mol. The predicted octanol–water partition coefficient (Wildman–Crippen LogP) is 1.65. The number of hydrogen-bond acceptors (Lipinski definition) is 4. The summed E-state index contributed by atoms with van der Waals surface area (Å²) >= 11 is 0. The number of benzene rings is 1. The Morgan fingerprint density at radius 1 is 1.35 bits per heavy atom. The smallest absolute Gasteiger partial charge is 0.321 e. The number of anilines is 1. The monoisotopic (exact) mass is 362 g/mol. The molecule has 2 rings (SSSR count). The molecule has 7 heteroatoms. The third-order valence-corrected chi connectivity index (χ3v) is 4.79. The second-order valence-electron chi connectivity index (χ2n) is 7.27. The van der Waals surface area contributed by atoms with E-state index in [4.69, 9.17) is 5.73 Å². The average Bonchev–Trinajstić information content (AvgIpc) is 2.57. The number of urea groups is 1. The Balaban J connectivity index is 2.06. The lowest BCUT2D eigenvalue weighted by Crippen LogP contribution is -2.56. The lowest BCUT2D eigenvalue weighted by atomic mass is 10.1. The molecule has 26 heavy (non-hydrogen) atoms. The van der Waals surface area contributed by atoms with Crippen molar-refractivity contribution in [2.75, 3.05) is 38.1 Å². The second-order valence-corrected chi connectivity index (χ2v) is 7.27. The van der Waals surface area contributed by atoms with Gasteiger partial charge in [0.25, 0.3) is 0 Å². The van der Waals surface area contributed by atoms with Crippen molar-refractivity contribution in [1.82, 2.24) is 9.80 Å². The SMILES string of the molecule is Cc1c(NC(=O)N2CCN(CC(C)C)[C@H](CCO)C2)cccc1C(N)=O. The number of primary amides is 1. The summed E-state index contributed by atoms with van der Waals surface area (Å²) in [5.74, 6) is 0.0275. The number of piperazine rings is 1. The number of nitrogens with two attached hydrogens (primary N) is 1. The number of aliphatic hydroxyl groups is 1. The van der Waals surface area contributed by atoms with Gasteiger partial charge in [0.15, 0.2) is 0 Å². The lowest BCUT2D eigenvalue weighted by molar-refractivity contribution is 0.0689. The quantitative estimate of drug-likeness (QED) is 0.716. The van der Waals surface area contributed by atoms with E-state index in [1.54, 1.807) is 30.0 Å². The molecule has 0 aliphatic carbocycles. The van der Waals surface area contributed by atoms with Gasteiger partial charge < -0.3 is 21.1 Å². The minimum absolute atomic E-state index is 0.106. The highest BCUT2D eigenvalue weighted by Gasteiger charge is 2.29. The van der Waals surface area contributed by atoms with Crippen LogP contribution >= 0.6 is 0 Å². The molecule has 3 amide bonds. The Bertz CT molecular complexity index is 648. The van der Waals surface area contributed by atoms with Gasteiger partial charge in [0.1, 0.15) is 0 Å². The van der Waals surface area contributed by atoms with Crippen molar-refractivity contribution in [1.29, 1.82) is 0 Å². The molecule has 4 N–H and O–H groups in total. The van der Waals surface area contributed by atoms with Gasteiger partial charge in [-0.1, -0.05) is 19.9 Å². The highest BCUT2D eigenvalue weighted by atomic mass is 16.3. The van der Waals surface area contributed by atoms with Gasteiger partial charge in [-0.05, 0) is 37.0 Å². The van der Waals surface area contributed by atoms with Crippen LogP contribution in [0.2, 0.25) is 0 Å². The third kappa shape index (κ3) is 4.95. The molecule has 0 bridgehead atoms. The Kier molecular flexibility index (Phi) is 6.99. The maximum Gasteiger partial charge on any atom is 0.321 e. The molecule has 1 aromatic rings. The van der Waals surface area contributed by atoms with Crippen molar-refractivity contribution in [2.45, 2.75) is 33.2 Å². The summed E-state index contributed by atoms with van der Waals surface area (Å²) in [5, 5.41) is 12.3. The van der Waals surface area contributed by atoms with E-state index < -0.39 is 5.91 Å². The summed E-state index contributed by atoms with van der Waals surface area (Å²) in [6.07, 6.45) is 0.646. The third-order valence-electron chi connectivity index (χ3n) is 4.79. The molecule has 1 aromatic carbocycles. The molecule has 1 heterocycles. The summed E-state index contributed by atoms with van der Waals surface area (Å²) in [6, 6.07) is 5.08. The van der Waals surface area contributed by atoms with E-state index in [1.807, 2.05) is 0 Å². The van der Waals surface area contributed by atoms with Gasteiger partial charge in [-0.2, -0.15) is 0 Å². The summed E-state index contributed by atoms with van der Waals surface area (Å²) in [6.45, 7) is 9.17. The van der Waals surface area contributed by atoms with Crippen molar-refractivity contribution < 1.29 is 14.7 Å². The Morgan fingerprint density at radius 3 is 2.69 bits per heavy atom. The van der Waals surface area contributed by atoms with Crippen molar-refractivity contribution in [3.8, 4) is 0 Å². The fourth-order valence-electron chi connectivity index (χ4n) is 3.44. The van der Waals surface area contributed by atoms with Gasteiger partial charge in [-0.3, -0.25) is 9.69 Å². The van der Waals surface area contributed by atoms with Crippen LogP contribution in [-0.2, 0) is 0 Å². The first-order valence-electron chi connectivity index (χ1n) is 9.13. The molecule has 7 nitrogen and oxygen atoms in total. The number of nitrogens with zero attached hydrogens (tertiary/aromatic N) is 2. The number of aliphatic hydroxyl groups excluding tert-OH is 1. The van der Waals surface area contributed by atoms with Crippen LogP contribution in [-0.4, -0.2) is 65.7 Å². The van der Waals surface area contributed by atoms with Gasteiger partial charge in [0.2, 0.25) is 5.91 Å². The summed E-state index contributed by atoms with van der Waals surface area (Å²) in [4.78, 5) is 28.3. The van der Waals surface area contributed by atoms with E-state index in [-0.39, 0.29) is 18.7 Å². The number of hydrogen-bond donors (Lipinski definition) is 3. The normalized spacial score (nSPS) is 18.2. The highest BCUT2D eigenvalue weighted by molar-refractivity contribution is 5.98. The zero-order chi connectivity index (χ0) is 19.3. The van der Waals surface area contributed by atoms with Crippen LogP contribution in [0.25, 0.3) is 0 Å². The van der Waals surface area contributed by atoms with Crippen LogP contribution in [0.15, 0.2) is 18.2 Å². The van der Waals surface area contributed by atoms with Crippen LogP contribution in [0.1, 0.15) is 36.2 Å². The maximum atomic E-state index is 12.7. The molecule has 0 saturated carbocycles. The molecule has 1 atom stereocenters. The Hall–Kier alpha value is -2.12. The van der Waals surface area contributed by atoms with E-state index in [0.29, 0.717) is 42.2 Å². The van der Waals surface area contributed by atoms with Gasteiger partial charge >= 0.3 is 6.03 Å². The second kappa shape index (κ2) is 9.00. The molecular formula is C19H30N4O3. The molecule has 0 radical (unpaired) electrons. The molecule has 1 aliphatic heterocycles. The molecule has 0 spiro atoms. The molecular weight excluding hydrogens is 332 g/mol. The summed E-state index contributed by atoms with van der Waals surface area (Å²) < 4.78 is 0. The van der Waals surface area contributed by atoms with Crippen molar-refractivity contribution >= 4 is 17.6 Å². The van der Waals surface area contributed by atoms with Crippen LogP contribution in [0.3, 0.4) is 0 Å². The number of amides is 3. The molecule has 0 aromatic heterocycles. The molecule has 1 saturated heterocycles. The van der Waals surface area contributed by atoms with Crippen LogP contribution in [0, 0.1) is 12.8 Å². The predicted molar refractivity (Wildman–Crippen MR) is 102 cm³/mol. The lowest BCUT2D eigenvalue weighted by Gasteiger charge is -2.42. The first-order chi connectivity index (χ1) is 12.3. The summed E-state index contributed by atoms with van der Waals surface area (Å²) in [7, 11) is 0. The van der Waals surface area contributed by atoms with E-state index >= 15 is 0 Å². The number of carbonyl (C=O) groups excluding carboxylic acids is 2. The minimum Gasteiger partial charge on any atom is -0.396 e. The first-order valence-corrected chi connectivity index (χ1v) is 9.13. The minimum atomic E-state index is -0.510. The Labute approximate surface area is 155 Å². The van der Waals surface area contributed by atoms with Gasteiger partial charge in [0.05, 0.1) is 0 Å². The van der Waals surface area contributed by atoms with Crippen molar-refractivity contribution in [2.24, 2.45) is 11.7 Å². The van der Waals surface area contributed by atoms with Crippen molar-refractivity contribution in [3.05, 3.63) is 29.3 Å². The fourth-order valence-corrected chi connectivity index (χ4v) is 3.44. The zero-order valence-corrected chi connectivity index (χ0v) is 15.9. The van der Waals surface area contributed by atoms with Gasteiger partial charge in [-0.25, -0.2) is 4.79 Å². The number of carbonyl (C=O) groups is 2. The molecule has 1 fully saturated rings. The van der Waals surface area contributed by atoms with Gasteiger partial charge in [0, 0.05) is 50.1 Å².